The van der Waals surface area contributed by atoms with Gasteiger partial charge in [-0.3, -0.25) is 9.98 Å². The van der Waals surface area contributed by atoms with Crippen molar-refractivity contribution in [3.63, 3.8) is 0 Å². The van der Waals surface area contributed by atoms with Crippen molar-refractivity contribution in [1.29, 1.82) is 0 Å². The Morgan fingerprint density at radius 3 is 1.45 bits per heavy atom. The molecule has 0 spiro atoms. The van der Waals surface area contributed by atoms with Gasteiger partial charge in [0, 0.05) is 29.1 Å². The van der Waals surface area contributed by atoms with Gasteiger partial charge < -0.3 is 0 Å². The van der Waals surface area contributed by atoms with Gasteiger partial charge in [0.15, 0.2) is 6.17 Å². The summed E-state index contributed by atoms with van der Waals surface area (Å²) in [6.07, 6.45) is 2.49. The lowest BCUT2D eigenvalue weighted by atomic mass is 10.1. The van der Waals surface area contributed by atoms with Gasteiger partial charge in [-0.05, 0) is 18.2 Å². The fourth-order valence-corrected chi connectivity index (χ4v) is 3.58. The van der Waals surface area contributed by atoms with E-state index in [4.69, 9.17) is 69.6 Å². The summed E-state index contributed by atoms with van der Waals surface area (Å²) >= 11 is 37.2. The Morgan fingerprint density at radius 2 is 0.966 bits per heavy atom. The molecule has 0 aliphatic heterocycles. The van der Waals surface area contributed by atoms with E-state index in [-0.39, 0.29) is 0 Å². The van der Waals surface area contributed by atoms with Crippen LogP contribution in [0.1, 0.15) is 22.9 Å². The number of aliphatic imine (C=N–C) groups is 2. The molecule has 29 heavy (non-hydrogen) atoms. The van der Waals surface area contributed by atoms with E-state index in [1.165, 1.54) is 0 Å². The third kappa shape index (κ3) is 5.46. The molecule has 0 heterocycles. The van der Waals surface area contributed by atoms with Crippen molar-refractivity contribution in [2.24, 2.45) is 9.98 Å². The molecule has 148 valence electrons. The Kier molecular flexibility index (Phi) is 7.86. The highest BCUT2D eigenvalue weighted by Gasteiger charge is 2.14. The molecule has 2 nitrogen and oxygen atoms in total. The minimum Gasteiger partial charge on any atom is -0.261 e. The number of benzene rings is 3. The van der Waals surface area contributed by atoms with Crippen molar-refractivity contribution in [2.45, 2.75) is 6.17 Å². The molecule has 0 aliphatic carbocycles. The first kappa shape index (κ1) is 22.4. The zero-order valence-corrected chi connectivity index (χ0v) is 19.1. The average Bonchev–Trinajstić information content (AvgIpc) is 2.70. The minimum absolute atomic E-state index is 0.364. The van der Waals surface area contributed by atoms with E-state index in [9.17, 15) is 0 Å². The number of rotatable bonds is 5. The van der Waals surface area contributed by atoms with E-state index in [0.717, 1.165) is 0 Å². The van der Waals surface area contributed by atoms with E-state index >= 15 is 0 Å². The van der Waals surface area contributed by atoms with Gasteiger partial charge in [-0.2, -0.15) is 0 Å². The van der Waals surface area contributed by atoms with E-state index in [0.29, 0.717) is 46.8 Å². The Balaban J connectivity index is 2.03. The smallest absolute Gasteiger partial charge is 0.166 e. The Bertz CT molecular complexity index is 1030. The summed E-state index contributed by atoms with van der Waals surface area (Å²) in [7, 11) is 0. The van der Waals surface area contributed by atoms with Gasteiger partial charge in [-0.15, -0.1) is 0 Å². The molecule has 0 bridgehead atoms. The normalized spacial score (nSPS) is 12.8. The first-order chi connectivity index (χ1) is 13.9. The molecule has 0 saturated heterocycles. The van der Waals surface area contributed by atoms with E-state index in [1.54, 1.807) is 67.0 Å². The van der Waals surface area contributed by atoms with Crippen LogP contribution < -0.4 is 0 Å². The number of nitrogens with zero attached hydrogens (tertiary/aromatic N) is 2. The maximum absolute atomic E-state index is 6.39. The van der Waals surface area contributed by atoms with Crippen molar-refractivity contribution in [3.05, 3.63) is 101 Å². The maximum atomic E-state index is 6.39. The van der Waals surface area contributed by atoms with E-state index < -0.39 is 6.17 Å². The lowest BCUT2D eigenvalue weighted by molar-refractivity contribution is 0.787. The van der Waals surface area contributed by atoms with Crippen LogP contribution in [0.4, 0.5) is 0 Å². The van der Waals surface area contributed by atoms with Crippen molar-refractivity contribution in [1.82, 2.24) is 0 Å². The summed E-state index contributed by atoms with van der Waals surface area (Å²) in [6, 6.07) is 15.8. The molecule has 0 aromatic heterocycles. The monoisotopic (exact) mass is 502 g/mol. The highest BCUT2D eigenvalue weighted by Crippen LogP contribution is 2.33. The van der Waals surface area contributed by atoms with Gasteiger partial charge >= 0.3 is 0 Å². The van der Waals surface area contributed by atoms with E-state index in [1.807, 2.05) is 0 Å². The molecule has 0 atom stereocenters. The van der Waals surface area contributed by atoms with Crippen molar-refractivity contribution >= 4 is 82.0 Å². The maximum Gasteiger partial charge on any atom is 0.166 e. The molecule has 0 N–H and O–H groups in total. The van der Waals surface area contributed by atoms with Crippen LogP contribution >= 0.6 is 69.6 Å². The Hall–Kier alpha value is -1.26. The molecule has 3 aromatic carbocycles. The van der Waals surface area contributed by atoms with Gasteiger partial charge in [0.05, 0.1) is 30.1 Å². The molecule has 8 heteroatoms. The van der Waals surface area contributed by atoms with Crippen LogP contribution in [0.25, 0.3) is 0 Å². The topological polar surface area (TPSA) is 24.7 Å². The summed E-state index contributed by atoms with van der Waals surface area (Å²) in [4.78, 5) is 9.10. The molecule has 0 fully saturated rings. The fraction of sp³-hybridized carbons (Fsp3) is 0.0476. The summed E-state index contributed by atoms with van der Waals surface area (Å²) in [6.45, 7) is 0. The SMILES string of the molecule is Clc1cccc(C=NC(N=Cc2cccc(Cl)c2Cl)c2cccc(Cl)c2Cl)c1Cl. The van der Waals surface area contributed by atoms with Crippen molar-refractivity contribution in [3.8, 4) is 0 Å². The highest BCUT2D eigenvalue weighted by atomic mass is 35.5. The number of hydrogen-bond donors (Lipinski definition) is 0. The molecule has 0 amide bonds. The molecule has 0 saturated carbocycles. The predicted molar refractivity (Wildman–Crippen MR) is 127 cm³/mol. The Labute approximate surface area is 198 Å². The van der Waals surface area contributed by atoms with Crippen molar-refractivity contribution < 1.29 is 0 Å². The highest BCUT2D eigenvalue weighted by molar-refractivity contribution is 6.44. The quantitative estimate of drug-likeness (QED) is 0.310. The largest absolute Gasteiger partial charge is 0.261 e. The third-order valence-electron chi connectivity index (χ3n) is 3.93. The first-order valence-electron chi connectivity index (χ1n) is 8.26. The van der Waals surface area contributed by atoms with E-state index in [2.05, 4.69) is 9.98 Å². The standard InChI is InChI=1S/C21H12Cl6N2/c22-15-7-1-4-12(18(15)25)10-28-21(14-6-3-9-17(24)20(14)27)29-11-13-5-2-8-16(23)19(13)26/h1-11,21H. The van der Waals surface area contributed by atoms with Crippen LogP contribution in [-0.2, 0) is 0 Å². The van der Waals surface area contributed by atoms with Crippen LogP contribution in [0, 0.1) is 0 Å². The molecule has 0 unspecified atom stereocenters. The minimum atomic E-state index is -0.689. The Morgan fingerprint density at radius 1 is 0.552 bits per heavy atom. The van der Waals surface area contributed by atoms with Gasteiger partial charge in [0.2, 0.25) is 0 Å². The van der Waals surface area contributed by atoms with Crippen LogP contribution in [0.3, 0.4) is 0 Å². The summed E-state index contributed by atoms with van der Waals surface area (Å²) in [5, 5.41) is 2.43. The molecule has 0 radical (unpaired) electrons. The second-order valence-electron chi connectivity index (χ2n) is 5.86. The third-order valence-corrected chi connectivity index (χ3v) is 6.43. The molecule has 3 rings (SSSR count). The second-order valence-corrected chi connectivity index (χ2v) is 8.21. The first-order valence-corrected chi connectivity index (χ1v) is 10.5. The summed E-state index contributed by atoms with van der Waals surface area (Å²) < 4.78 is 0. The molecular weight excluding hydrogens is 493 g/mol. The number of halogens is 6. The van der Waals surface area contributed by atoms with Gasteiger partial charge in [-0.1, -0.05) is 106 Å². The lowest BCUT2D eigenvalue weighted by Crippen LogP contribution is -1.97. The fourth-order valence-electron chi connectivity index (χ4n) is 2.46. The van der Waals surface area contributed by atoms with Crippen LogP contribution in [0.15, 0.2) is 64.6 Å². The number of hydrogen-bond acceptors (Lipinski definition) is 2. The lowest BCUT2D eigenvalue weighted by Gasteiger charge is -2.12. The van der Waals surface area contributed by atoms with Crippen LogP contribution in [0.5, 0.6) is 0 Å². The summed E-state index contributed by atoms with van der Waals surface area (Å²) in [5.74, 6) is 0. The second kappa shape index (κ2) is 10.2. The van der Waals surface area contributed by atoms with Gasteiger partial charge in [-0.25, -0.2) is 0 Å². The average molecular weight is 505 g/mol. The molecule has 3 aromatic rings. The van der Waals surface area contributed by atoms with Crippen molar-refractivity contribution in [2.75, 3.05) is 0 Å². The van der Waals surface area contributed by atoms with Gasteiger partial charge in [0.1, 0.15) is 0 Å². The predicted octanol–water partition coefficient (Wildman–Crippen LogP) is 8.84. The zero-order valence-electron chi connectivity index (χ0n) is 14.6. The zero-order chi connectivity index (χ0) is 21.0. The summed E-state index contributed by atoms with van der Waals surface area (Å²) in [5.41, 5.74) is 1.93. The molecule has 0 aliphatic rings. The molecular formula is C21H12Cl6N2. The van der Waals surface area contributed by atoms with Crippen LogP contribution in [-0.4, -0.2) is 12.4 Å². The van der Waals surface area contributed by atoms with Gasteiger partial charge in [0.25, 0.3) is 0 Å². The van der Waals surface area contributed by atoms with Crippen LogP contribution in [0.2, 0.25) is 30.1 Å².